The fraction of sp³-hybridized carbons (Fsp3) is 0.286. The van der Waals surface area contributed by atoms with E-state index >= 15 is 0 Å². The largest absolute Gasteiger partial charge is 0.334 e. The molecule has 2 aromatic rings. The third kappa shape index (κ3) is 2.47. The van der Waals surface area contributed by atoms with Crippen LogP contribution in [0.3, 0.4) is 0 Å². The number of hydrogen-bond acceptors (Lipinski definition) is 2. The van der Waals surface area contributed by atoms with E-state index in [1.54, 1.807) is 12.1 Å². The van der Waals surface area contributed by atoms with Crippen molar-refractivity contribution in [3.05, 3.63) is 59.3 Å². The Bertz CT molecular complexity index is 770. The van der Waals surface area contributed by atoms with Crippen molar-refractivity contribution in [2.75, 3.05) is 0 Å². The number of aromatic amines is 1. The van der Waals surface area contributed by atoms with Crippen molar-refractivity contribution in [3.8, 4) is 5.69 Å². The summed E-state index contributed by atoms with van der Waals surface area (Å²) in [5.74, 6) is 0. The van der Waals surface area contributed by atoms with Crippen LogP contribution in [0.1, 0.15) is 23.6 Å². The molecule has 0 unspecified atom stereocenters. The SMILES string of the molecule is CCc1c(Cl)[nH]c(=O)n(-c2cc(C)c(Br)c(C)c2)c1=O. The van der Waals surface area contributed by atoms with E-state index in [9.17, 15) is 9.59 Å². The summed E-state index contributed by atoms with van der Waals surface area (Å²) in [5, 5.41) is 0.115. The molecule has 0 bridgehead atoms. The Labute approximate surface area is 129 Å². The molecule has 0 saturated heterocycles. The first-order valence-electron chi connectivity index (χ1n) is 6.17. The lowest BCUT2D eigenvalue weighted by molar-refractivity contribution is 0.840. The highest BCUT2D eigenvalue weighted by molar-refractivity contribution is 9.10. The van der Waals surface area contributed by atoms with Crippen molar-refractivity contribution >= 4 is 27.5 Å². The second-order valence-corrected chi connectivity index (χ2v) is 5.78. The lowest BCUT2D eigenvalue weighted by Crippen LogP contribution is -2.36. The van der Waals surface area contributed by atoms with E-state index in [4.69, 9.17) is 11.6 Å². The zero-order chi connectivity index (χ0) is 15.0. The van der Waals surface area contributed by atoms with Crippen molar-refractivity contribution in [1.82, 2.24) is 9.55 Å². The lowest BCUT2D eigenvalue weighted by atomic mass is 10.1. The first-order chi connectivity index (χ1) is 9.36. The van der Waals surface area contributed by atoms with Crippen LogP contribution in [0.4, 0.5) is 0 Å². The average Bonchev–Trinajstić information content (AvgIpc) is 2.35. The van der Waals surface area contributed by atoms with Gasteiger partial charge < -0.3 is 0 Å². The molecule has 1 aromatic heterocycles. The van der Waals surface area contributed by atoms with Crippen LogP contribution in [-0.2, 0) is 6.42 Å². The Kier molecular flexibility index (Phi) is 4.20. The van der Waals surface area contributed by atoms with Crippen LogP contribution < -0.4 is 11.2 Å². The van der Waals surface area contributed by atoms with Gasteiger partial charge in [0.15, 0.2) is 0 Å². The fourth-order valence-corrected chi connectivity index (χ4v) is 2.66. The third-order valence-corrected chi connectivity index (χ3v) is 4.75. The van der Waals surface area contributed by atoms with E-state index in [1.165, 1.54) is 0 Å². The number of halogens is 2. The summed E-state index contributed by atoms with van der Waals surface area (Å²) in [4.78, 5) is 27.0. The van der Waals surface area contributed by atoms with Gasteiger partial charge in [-0.2, -0.15) is 0 Å². The summed E-state index contributed by atoms with van der Waals surface area (Å²) in [6, 6.07) is 3.59. The van der Waals surface area contributed by atoms with E-state index in [2.05, 4.69) is 20.9 Å². The van der Waals surface area contributed by atoms with Crippen LogP contribution >= 0.6 is 27.5 Å². The van der Waals surface area contributed by atoms with Gasteiger partial charge in [-0.25, -0.2) is 9.36 Å². The molecule has 4 nitrogen and oxygen atoms in total. The molecule has 106 valence electrons. The minimum atomic E-state index is -0.529. The van der Waals surface area contributed by atoms with Gasteiger partial charge in [0.1, 0.15) is 5.15 Å². The number of hydrogen-bond donors (Lipinski definition) is 1. The zero-order valence-electron chi connectivity index (χ0n) is 11.4. The second-order valence-electron chi connectivity index (χ2n) is 4.61. The minimum Gasteiger partial charge on any atom is -0.297 e. The average molecular weight is 358 g/mol. The maximum atomic E-state index is 12.4. The quantitative estimate of drug-likeness (QED) is 0.840. The minimum absolute atomic E-state index is 0.115. The van der Waals surface area contributed by atoms with Gasteiger partial charge in [0.25, 0.3) is 5.56 Å². The molecule has 1 N–H and O–H groups in total. The number of aromatic nitrogens is 2. The van der Waals surface area contributed by atoms with Gasteiger partial charge in [-0.15, -0.1) is 0 Å². The molecule has 0 aliphatic rings. The van der Waals surface area contributed by atoms with Crippen molar-refractivity contribution in [2.24, 2.45) is 0 Å². The highest BCUT2D eigenvalue weighted by atomic mass is 79.9. The van der Waals surface area contributed by atoms with Crippen LogP contribution in [0.25, 0.3) is 5.69 Å². The lowest BCUT2D eigenvalue weighted by Gasteiger charge is -2.11. The summed E-state index contributed by atoms with van der Waals surface area (Å²) in [6.45, 7) is 5.65. The van der Waals surface area contributed by atoms with E-state index in [0.717, 1.165) is 20.2 Å². The summed E-state index contributed by atoms with van der Waals surface area (Å²) in [7, 11) is 0. The molecule has 1 heterocycles. The number of H-pyrrole nitrogens is 1. The van der Waals surface area contributed by atoms with E-state index in [-0.39, 0.29) is 10.7 Å². The van der Waals surface area contributed by atoms with Crippen molar-refractivity contribution in [3.63, 3.8) is 0 Å². The Morgan fingerprint density at radius 3 is 2.30 bits per heavy atom. The molecule has 6 heteroatoms. The molecule has 0 aliphatic carbocycles. The van der Waals surface area contributed by atoms with Crippen LogP contribution in [0.5, 0.6) is 0 Å². The molecular weight excluding hydrogens is 344 g/mol. The van der Waals surface area contributed by atoms with Gasteiger partial charge in [-0.1, -0.05) is 34.5 Å². The molecular formula is C14H14BrClN2O2. The predicted molar refractivity (Wildman–Crippen MR) is 84.2 cm³/mol. The van der Waals surface area contributed by atoms with Crippen molar-refractivity contribution < 1.29 is 0 Å². The molecule has 0 fully saturated rings. The van der Waals surface area contributed by atoms with Gasteiger partial charge in [0, 0.05) is 4.47 Å². The number of nitrogens with one attached hydrogen (secondary N) is 1. The van der Waals surface area contributed by atoms with Gasteiger partial charge in [0.05, 0.1) is 11.3 Å². The van der Waals surface area contributed by atoms with Gasteiger partial charge >= 0.3 is 5.69 Å². The van der Waals surface area contributed by atoms with Gasteiger partial charge in [-0.05, 0) is 43.5 Å². The number of aryl methyl sites for hydroxylation is 2. The Hall–Kier alpha value is -1.33. The zero-order valence-corrected chi connectivity index (χ0v) is 13.7. The van der Waals surface area contributed by atoms with Crippen molar-refractivity contribution in [2.45, 2.75) is 27.2 Å². The smallest absolute Gasteiger partial charge is 0.297 e. The third-order valence-electron chi connectivity index (χ3n) is 3.18. The predicted octanol–water partition coefficient (Wildman–Crippen LogP) is 3.12. The van der Waals surface area contributed by atoms with Gasteiger partial charge in [-0.3, -0.25) is 9.78 Å². The normalized spacial score (nSPS) is 10.8. The second kappa shape index (κ2) is 5.58. The van der Waals surface area contributed by atoms with E-state index < -0.39 is 5.69 Å². The summed E-state index contributed by atoms with van der Waals surface area (Å²) in [5.41, 5.74) is 1.96. The van der Waals surface area contributed by atoms with Crippen LogP contribution in [0, 0.1) is 13.8 Å². The summed E-state index contributed by atoms with van der Waals surface area (Å²) < 4.78 is 2.09. The van der Waals surface area contributed by atoms with Crippen molar-refractivity contribution in [1.29, 1.82) is 0 Å². The summed E-state index contributed by atoms with van der Waals surface area (Å²) >= 11 is 9.37. The molecule has 0 aliphatic heterocycles. The monoisotopic (exact) mass is 356 g/mol. The molecule has 0 radical (unpaired) electrons. The Morgan fingerprint density at radius 2 is 1.80 bits per heavy atom. The maximum Gasteiger partial charge on any atom is 0.334 e. The van der Waals surface area contributed by atoms with Gasteiger partial charge in [0.2, 0.25) is 0 Å². The van der Waals surface area contributed by atoms with E-state index in [0.29, 0.717) is 17.7 Å². The Morgan fingerprint density at radius 1 is 1.25 bits per heavy atom. The number of benzene rings is 1. The molecule has 2 rings (SSSR count). The summed E-state index contributed by atoms with van der Waals surface area (Å²) in [6.07, 6.45) is 0.461. The van der Waals surface area contributed by atoms with E-state index in [1.807, 2.05) is 20.8 Å². The number of nitrogens with zero attached hydrogens (tertiary/aromatic N) is 1. The Balaban J connectivity index is 2.84. The highest BCUT2D eigenvalue weighted by Gasteiger charge is 2.14. The molecule has 0 amide bonds. The first kappa shape index (κ1) is 15.1. The molecule has 0 atom stereocenters. The maximum absolute atomic E-state index is 12.4. The molecule has 1 aromatic carbocycles. The highest BCUT2D eigenvalue weighted by Crippen LogP contribution is 2.23. The fourth-order valence-electron chi connectivity index (χ4n) is 2.14. The van der Waals surface area contributed by atoms with Crippen LogP contribution in [0.15, 0.2) is 26.2 Å². The molecule has 0 spiro atoms. The first-order valence-corrected chi connectivity index (χ1v) is 7.34. The van der Waals surface area contributed by atoms with Crippen LogP contribution in [0.2, 0.25) is 5.15 Å². The molecule has 0 saturated carbocycles. The molecule has 20 heavy (non-hydrogen) atoms. The standard InChI is InChI=1S/C14H14BrClN2O2/c1-4-10-12(16)17-14(20)18(13(10)19)9-5-7(2)11(15)8(3)6-9/h5-6H,4H2,1-3H3,(H,17,20). The van der Waals surface area contributed by atoms with Crippen LogP contribution in [-0.4, -0.2) is 9.55 Å². The topological polar surface area (TPSA) is 54.9 Å². The number of rotatable bonds is 2.